The molecule has 0 bridgehead atoms. The van der Waals surface area contributed by atoms with Crippen molar-refractivity contribution in [3.05, 3.63) is 46.2 Å². The molecule has 0 saturated carbocycles. The zero-order valence-corrected chi connectivity index (χ0v) is 14.4. The van der Waals surface area contributed by atoms with Crippen molar-refractivity contribution in [2.45, 2.75) is 6.92 Å². The fourth-order valence-corrected chi connectivity index (χ4v) is 3.21. The van der Waals surface area contributed by atoms with Crippen LogP contribution in [0.15, 0.2) is 36.4 Å². The Labute approximate surface area is 148 Å². The molecular weight excluding hydrogens is 342 g/mol. The van der Waals surface area contributed by atoms with E-state index in [0.29, 0.717) is 29.4 Å². The third kappa shape index (κ3) is 3.97. The van der Waals surface area contributed by atoms with Crippen molar-refractivity contribution < 1.29 is 19.1 Å². The normalized spacial score (nSPS) is 13.5. The number of hydrogen-bond donors (Lipinski definition) is 2. The maximum Gasteiger partial charge on any atom is 0.414 e. The van der Waals surface area contributed by atoms with E-state index in [4.69, 9.17) is 4.74 Å². The van der Waals surface area contributed by atoms with Gasteiger partial charge in [0, 0.05) is 4.88 Å². The second-order valence-corrected chi connectivity index (χ2v) is 6.71. The molecule has 3 amide bonds. The van der Waals surface area contributed by atoms with Gasteiger partial charge in [0.1, 0.15) is 6.61 Å². The number of cyclic esters (lactones) is 1. The summed E-state index contributed by atoms with van der Waals surface area (Å²) in [5.41, 5.74) is 1.06. The van der Waals surface area contributed by atoms with Crippen molar-refractivity contribution in [2.75, 3.05) is 29.9 Å². The highest BCUT2D eigenvalue weighted by Crippen LogP contribution is 2.27. The molecule has 0 unspecified atom stereocenters. The van der Waals surface area contributed by atoms with Gasteiger partial charge in [0.2, 0.25) is 5.91 Å². The molecule has 1 fully saturated rings. The van der Waals surface area contributed by atoms with Crippen molar-refractivity contribution in [3.8, 4) is 0 Å². The van der Waals surface area contributed by atoms with Crippen molar-refractivity contribution in [2.24, 2.45) is 0 Å². The molecule has 130 valence electrons. The van der Waals surface area contributed by atoms with E-state index >= 15 is 0 Å². The van der Waals surface area contributed by atoms with Crippen molar-refractivity contribution in [3.63, 3.8) is 0 Å². The summed E-state index contributed by atoms with van der Waals surface area (Å²) in [7, 11) is 0. The SMILES string of the molecule is Cc1ccc(C(=O)NCC(=O)Nc2ccccc2N2CCOC2=O)s1. The van der Waals surface area contributed by atoms with E-state index < -0.39 is 6.09 Å². The summed E-state index contributed by atoms with van der Waals surface area (Å²) in [6, 6.07) is 10.5. The highest BCUT2D eigenvalue weighted by atomic mass is 32.1. The Bertz CT molecular complexity index is 818. The Kier molecular flexibility index (Phi) is 4.99. The van der Waals surface area contributed by atoms with Crippen LogP contribution in [0, 0.1) is 6.92 Å². The largest absolute Gasteiger partial charge is 0.447 e. The second kappa shape index (κ2) is 7.35. The molecule has 1 aromatic heterocycles. The molecule has 1 aromatic carbocycles. The molecule has 7 nitrogen and oxygen atoms in total. The van der Waals surface area contributed by atoms with Gasteiger partial charge in [-0.15, -0.1) is 11.3 Å². The van der Waals surface area contributed by atoms with Crippen LogP contribution >= 0.6 is 11.3 Å². The van der Waals surface area contributed by atoms with Crippen molar-refractivity contribution >= 4 is 40.6 Å². The Balaban J connectivity index is 1.61. The first-order chi connectivity index (χ1) is 12.0. The molecule has 8 heteroatoms. The predicted molar refractivity (Wildman–Crippen MR) is 95.2 cm³/mol. The minimum absolute atomic E-state index is 0.158. The predicted octanol–water partition coefficient (Wildman–Crippen LogP) is 2.38. The molecule has 3 rings (SSSR count). The highest BCUT2D eigenvalue weighted by Gasteiger charge is 2.25. The van der Waals surface area contributed by atoms with Crippen LogP contribution in [0.4, 0.5) is 16.2 Å². The summed E-state index contributed by atoms with van der Waals surface area (Å²) in [5, 5.41) is 5.30. The first-order valence-electron chi connectivity index (χ1n) is 7.72. The van der Waals surface area contributed by atoms with E-state index in [0.717, 1.165) is 4.88 Å². The lowest BCUT2D eigenvalue weighted by molar-refractivity contribution is -0.115. The minimum atomic E-state index is -0.442. The maximum atomic E-state index is 12.1. The summed E-state index contributed by atoms with van der Waals surface area (Å²) < 4.78 is 4.93. The molecule has 2 heterocycles. The number of anilines is 2. The van der Waals surface area contributed by atoms with E-state index in [1.54, 1.807) is 30.3 Å². The van der Waals surface area contributed by atoms with Crippen LogP contribution in [0.1, 0.15) is 14.5 Å². The lowest BCUT2D eigenvalue weighted by atomic mass is 10.2. The Hall–Kier alpha value is -2.87. The van der Waals surface area contributed by atoms with Gasteiger partial charge >= 0.3 is 6.09 Å². The fourth-order valence-electron chi connectivity index (χ4n) is 2.43. The van der Waals surface area contributed by atoms with Gasteiger partial charge in [-0.25, -0.2) is 4.79 Å². The summed E-state index contributed by atoms with van der Waals surface area (Å²) in [6.07, 6.45) is -0.442. The molecule has 0 atom stereocenters. The molecule has 2 aromatic rings. The molecule has 1 aliphatic rings. The average Bonchev–Trinajstić information content (AvgIpc) is 3.22. The van der Waals surface area contributed by atoms with Gasteiger partial charge in [-0.1, -0.05) is 12.1 Å². The summed E-state index contributed by atoms with van der Waals surface area (Å²) in [6.45, 7) is 2.50. The number of nitrogens with zero attached hydrogens (tertiary/aromatic N) is 1. The fraction of sp³-hybridized carbons (Fsp3) is 0.235. The smallest absolute Gasteiger partial charge is 0.414 e. The highest BCUT2D eigenvalue weighted by molar-refractivity contribution is 7.13. The van der Waals surface area contributed by atoms with Gasteiger partial charge in [-0.2, -0.15) is 0 Å². The van der Waals surface area contributed by atoms with Crippen LogP contribution in [0.5, 0.6) is 0 Å². The summed E-state index contributed by atoms with van der Waals surface area (Å²) in [5.74, 6) is -0.661. The molecule has 1 aliphatic heterocycles. The first-order valence-corrected chi connectivity index (χ1v) is 8.54. The number of rotatable bonds is 5. The number of benzene rings is 1. The second-order valence-electron chi connectivity index (χ2n) is 5.42. The number of aryl methyl sites for hydroxylation is 1. The van der Waals surface area contributed by atoms with Crippen LogP contribution < -0.4 is 15.5 Å². The third-order valence-electron chi connectivity index (χ3n) is 3.60. The molecule has 0 radical (unpaired) electrons. The molecular formula is C17H17N3O4S. The lowest BCUT2D eigenvalue weighted by Gasteiger charge is -2.17. The molecule has 0 spiro atoms. The number of hydrogen-bond acceptors (Lipinski definition) is 5. The molecule has 2 N–H and O–H groups in total. The number of nitrogens with one attached hydrogen (secondary N) is 2. The van der Waals surface area contributed by atoms with E-state index in [-0.39, 0.29) is 18.4 Å². The zero-order chi connectivity index (χ0) is 17.8. The number of carbonyl (C=O) groups excluding carboxylic acids is 3. The van der Waals surface area contributed by atoms with Crippen LogP contribution in [0.2, 0.25) is 0 Å². The van der Waals surface area contributed by atoms with Crippen LogP contribution in [0.25, 0.3) is 0 Å². The Morgan fingerprint density at radius 2 is 2.04 bits per heavy atom. The molecule has 1 saturated heterocycles. The van der Waals surface area contributed by atoms with Gasteiger partial charge in [-0.3, -0.25) is 14.5 Å². The summed E-state index contributed by atoms with van der Waals surface area (Å²) in [4.78, 5) is 38.9. The number of thiophene rings is 1. The van der Waals surface area contributed by atoms with Gasteiger partial charge < -0.3 is 15.4 Å². The van der Waals surface area contributed by atoms with Gasteiger partial charge in [0.15, 0.2) is 0 Å². The monoisotopic (exact) mass is 359 g/mol. The maximum absolute atomic E-state index is 12.1. The number of carbonyl (C=O) groups is 3. The molecule has 0 aliphatic carbocycles. The number of para-hydroxylation sites is 2. The third-order valence-corrected chi connectivity index (χ3v) is 4.60. The van der Waals surface area contributed by atoms with E-state index in [2.05, 4.69) is 10.6 Å². The van der Waals surface area contributed by atoms with Gasteiger partial charge in [0.05, 0.1) is 29.3 Å². The number of ether oxygens (including phenoxy) is 1. The zero-order valence-electron chi connectivity index (χ0n) is 13.6. The van der Waals surface area contributed by atoms with E-state index in [1.807, 2.05) is 13.0 Å². The van der Waals surface area contributed by atoms with Crippen molar-refractivity contribution in [1.29, 1.82) is 0 Å². The van der Waals surface area contributed by atoms with E-state index in [1.165, 1.54) is 16.2 Å². The van der Waals surface area contributed by atoms with Gasteiger partial charge in [-0.05, 0) is 31.2 Å². The van der Waals surface area contributed by atoms with Crippen LogP contribution in [-0.4, -0.2) is 37.6 Å². The van der Waals surface area contributed by atoms with Crippen LogP contribution in [-0.2, 0) is 9.53 Å². The lowest BCUT2D eigenvalue weighted by Crippen LogP contribution is -2.33. The average molecular weight is 359 g/mol. The summed E-state index contributed by atoms with van der Waals surface area (Å²) >= 11 is 1.37. The van der Waals surface area contributed by atoms with Crippen molar-refractivity contribution in [1.82, 2.24) is 5.32 Å². The Morgan fingerprint density at radius 3 is 2.72 bits per heavy atom. The van der Waals surface area contributed by atoms with E-state index in [9.17, 15) is 14.4 Å². The molecule has 25 heavy (non-hydrogen) atoms. The Morgan fingerprint density at radius 1 is 1.24 bits per heavy atom. The minimum Gasteiger partial charge on any atom is -0.447 e. The van der Waals surface area contributed by atoms with Gasteiger partial charge in [0.25, 0.3) is 5.91 Å². The first kappa shape index (κ1) is 17.0. The standard InChI is InChI=1S/C17H17N3O4S/c1-11-6-7-14(25-11)16(22)18-10-15(21)19-12-4-2-3-5-13(12)20-8-9-24-17(20)23/h2-7H,8-10H2,1H3,(H,18,22)(H,19,21). The topological polar surface area (TPSA) is 87.7 Å². The quantitative estimate of drug-likeness (QED) is 0.858. The number of amides is 3. The van der Waals surface area contributed by atoms with Crippen LogP contribution in [0.3, 0.4) is 0 Å².